The van der Waals surface area contributed by atoms with E-state index >= 15 is 0 Å². The van der Waals surface area contributed by atoms with Gasteiger partial charge >= 0.3 is 0 Å². The van der Waals surface area contributed by atoms with Crippen molar-refractivity contribution in [2.45, 2.75) is 0 Å². The zero-order valence-electron chi connectivity index (χ0n) is 11.3. The van der Waals surface area contributed by atoms with Gasteiger partial charge in [0.05, 0.1) is 0 Å². The van der Waals surface area contributed by atoms with Gasteiger partial charge in [0.1, 0.15) is 0 Å². The molecule has 0 radical (unpaired) electrons. The molecule has 0 aliphatic rings. The number of nitrogens with zero attached hydrogens (tertiary/aromatic N) is 1. The van der Waals surface area contributed by atoms with Gasteiger partial charge in [-0.25, -0.2) is 0 Å². The summed E-state index contributed by atoms with van der Waals surface area (Å²) in [5.41, 5.74) is 2.85. The molecule has 0 saturated heterocycles. The monoisotopic (exact) mass is 261 g/mol. The Balaban J connectivity index is 1.96. The molecule has 0 N–H and O–H groups in total. The maximum absolute atomic E-state index is 12.3. The highest BCUT2D eigenvalue weighted by Crippen LogP contribution is 2.21. The Morgan fingerprint density at radius 2 is 1.70 bits per heavy atom. The van der Waals surface area contributed by atoms with Crippen molar-refractivity contribution in [1.29, 1.82) is 0 Å². The maximum atomic E-state index is 12.3. The molecule has 0 bridgehead atoms. The van der Waals surface area contributed by atoms with Crippen molar-refractivity contribution in [2.75, 3.05) is 0 Å². The third-order valence-electron chi connectivity index (χ3n) is 3.39. The first-order chi connectivity index (χ1) is 9.75. The van der Waals surface area contributed by atoms with E-state index in [4.69, 9.17) is 0 Å². The molecule has 1 heterocycles. The summed E-state index contributed by atoms with van der Waals surface area (Å²) in [6.07, 6.45) is 5.38. The van der Waals surface area contributed by atoms with Crippen molar-refractivity contribution < 1.29 is 4.79 Å². The van der Waals surface area contributed by atoms with Crippen LogP contribution < -0.4 is 0 Å². The lowest BCUT2D eigenvalue weighted by molar-refractivity contribution is 0.104. The van der Waals surface area contributed by atoms with Crippen molar-refractivity contribution in [2.24, 2.45) is 7.05 Å². The van der Waals surface area contributed by atoms with E-state index in [2.05, 4.69) is 0 Å². The average molecular weight is 261 g/mol. The third-order valence-corrected chi connectivity index (χ3v) is 3.39. The summed E-state index contributed by atoms with van der Waals surface area (Å²) >= 11 is 0. The SMILES string of the molecule is Cn1cc(C(=O)/C=C/c2ccccc2)c2ccccc21. The number of carbonyl (C=O) groups is 1. The third kappa shape index (κ3) is 2.28. The molecule has 0 saturated carbocycles. The predicted molar refractivity (Wildman–Crippen MR) is 82.7 cm³/mol. The first kappa shape index (κ1) is 12.4. The highest BCUT2D eigenvalue weighted by molar-refractivity contribution is 6.14. The Hall–Kier alpha value is -2.61. The van der Waals surface area contributed by atoms with Gasteiger partial charge in [0.15, 0.2) is 5.78 Å². The van der Waals surface area contributed by atoms with Crippen LogP contribution in [0.2, 0.25) is 0 Å². The predicted octanol–water partition coefficient (Wildman–Crippen LogP) is 4.07. The van der Waals surface area contributed by atoms with Crippen LogP contribution in [0.15, 0.2) is 66.9 Å². The fourth-order valence-corrected chi connectivity index (χ4v) is 2.36. The largest absolute Gasteiger partial charge is 0.350 e. The molecule has 2 heteroatoms. The number of benzene rings is 2. The van der Waals surface area contributed by atoms with Crippen LogP contribution in [0.25, 0.3) is 17.0 Å². The number of fused-ring (bicyclic) bond motifs is 1. The zero-order valence-corrected chi connectivity index (χ0v) is 11.3. The lowest BCUT2D eigenvalue weighted by Crippen LogP contribution is -1.92. The summed E-state index contributed by atoms with van der Waals surface area (Å²) in [4.78, 5) is 12.3. The zero-order chi connectivity index (χ0) is 13.9. The molecule has 2 aromatic carbocycles. The van der Waals surface area contributed by atoms with Crippen LogP contribution in [0.5, 0.6) is 0 Å². The van der Waals surface area contributed by atoms with E-state index in [-0.39, 0.29) is 5.78 Å². The van der Waals surface area contributed by atoms with Crippen LogP contribution in [0, 0.1) is 0 Å². The summed E-state index contributed by atoms with van der Waals surface area (Å²) in [5.74, 6) is 0.0330. The molecule has 98 valence electrons. The Bertz CT molecular complexity index is 782. The fraction of sp³-hybridized carbons (Fsp3) is 0.0556. The van der Waals surface area contributed by atoms with Gasteiger partial charge in [0.25, 0.3) is 0 Å². The maximum Gasteiger partial charge on any atom is 0.188 e. The quantitative estimate of drug-likeness (QED) is 0.514. The Labute approximate surface area is 118 Å². The summed E-state index contributed by atoms with van der Waals surface area (Å²) in [5, 5.41) is 0.998. The Morgan fingerprint density at radius 3 is 2.50 bits per heavy atom. The number of aromatic nitrogens is 1. The van der Waals surface area contributed by atoms with E-state index < -0.39 is 0 Å². The summed E-state index contributed by atoms with van der Waals surface area (Å²) < 4.78 is 1.99. The molecular weight excluding hydrogens is 246 g/mol. The smallest absolute Gasteiger partial charge is 0.188 e. The number of ketones is 1. The normalized spacial score (nSPS) is 11.2. The highest BCUT2D eigenvalue weighted by atomic mass is 16.1. The molecule has 3 rings (SSSR count). The summed E-state index contributed by atoms with van der Waals surface area (Å²) in [6, 6.07) is 17.8. The lowest BCUT2D eigenvalue weighted by Gasteiger charge is -1.94. The average Bonchev–Trinajstić information content (AvgIpc) is 2.84. The van der Waals surface area contributed by atoms with Crippen molar-refractivity contribution in [1.82, 2.24) is 4.57 Å². The fourth-order valence-electron chi connectivity index (χ4n) is 2.36. The Kier molecular flexibility index (Phi) is 3.21. The Morgan fingerprint density at radius 1 is 1.00 bits per heavy atom. The second-order valence-electron chi connectivity index (χ2n) is 4.78. The molecule has 0 fully saturated rings. The summed E-state index contributed by atoms with van der Waals surface area (Å²) in [6.45, 7) is 0. The van der Waals surface area contributed by atoms with Crippen molar-refractivity contribution in [3.63, 3.8) is 0 Å². The minimum Gasteiger partial charge on any atom is -0.350 e. The second kappa shape index (κ2) is 5.17. The molecule has 20 heavy (non-hydrogen) atoms. The first-order valence-corrected chi connectivity index (χ1v) is 6.57. The van der Waals surface area contributed by atoms with Gasteiger partial charge in [0.2, 0.25) is 0 Å². The molecule has 0 spiro atoms. The molecule has 3 aromatic rings. The minimum absolute atomic E-state index is 0.0330. The number of para-hydroxylation sites is 1. The van der Waals surface area contributed by atoms with Gasteiger partial charge in [-0.15, -0.1) is 0 Å². The van der Waals surface area contributed by atoms with E-state index in [0.29, 0.717) is 0 Å². The topological polar surface area (TPSA) is 22.0 Å². The number of allylic oxidation sites excluding steroid dienone is 1. The number of rotatable bonds is 3. The van der Waals surface area contributed by atoms with E-state index in [1.807, 2.05) is 78.5 Å². The molecule has 0 atom stereocenters. The lowest BCUT2D eigenvalue weighted by atomic mass is 10.1. The number of aryl methyl sites for hydroxylation is 1. The van der Waals surface area contributed by atoms with Crippen LogP contribution in [0.3, 0.4) is 0 Å². The molecule has 0 aliphatic carbocycles. The first-order valence-electron chi connectivity index (χ1n) is 6.57. The van der Waals surface area contributed by atoms with Crippen molar-refractivity contribution in [3.8, 4) is 0 Å². The van der Waals surface area contributed by atoms with Crippen LogP contribution >= 0.6 is 0 Å². The van der Waals surface area contributed by atoms with Crippen LogP contribution in [0.4, 0.5) is 0 Å². The van der Waals surface area contributed by atoms with E-state index in [1.54, 1.807) is 6.08 Å². The molecule has 2 nitrogen and oxygen atoms in total. The van der Waals surface area contributed by atoms with Crippen molar-refractivity contribution >= 4 is 22.8 Å². The number of hydrogen-bond donors (Lipinski definition) is 0. The van der Waals surface area contributed by atoms with Crippen LogP contribution in [-0.4, -0.2) is 10.4 Å². The minimum atomic E-state index is 0.0330. The van der Waals surface area contributed by atoms with Gasteiger partial charge in [-0.3, -0.25) is 4.79 Å². The van der Waals surface area contributed by atoms with Crippen LogP contribution in [0.1, 0.15) is 15.9 Å². The number of carbonyl (C=O) groups excluding carboxylic acids is 1. The second-order valence-corrected chi connectivity index (χ2v) is 4.78. The molecule has 0 aliphatic heterocycles. The molecule has 1 aromatic heterocycles. The molecule has 0 amide bonds. The van der Waals surface area contributed by atoms with E-state index in [9.17, 15) is 4.79 Å². The number of hydrogen-bond acceptors (Lipinski definition) is 1. The van der Waals surface area contributed by atoms with E-state index in [0.717, 1.165) is 22.0 Å². The van der Waals surface area contributed by atoms with Crippen LogP contribution in [-0.2, 0) is 7.05 Å². The molecular formula is C18H15NO. The molecule has 0 unspecified atom stereocenters. The van der Waals surface area contributed by atoms with E-state index in [1.165, 1.54) is 0 Å². The highest BCUT2D eigenvalue weighted by Gasteiger charge is 2.10. The van der Waals surface area contributed by atoms with Gasteiger partial charge < -0.3 is 4.57 Å². The van der Waals surface area contributed by atoms with Gasteiger partial charge in [-0.2, -0.15) is 0 Å². The van der Waals surface area contributed by atoms with Crippen molar-refractivity contribution in [3.05, 3.63) is 78.0 Å². The standard InChI is InChI=1S/C18H15NO/c1-19-13-16(15-9-5-6-10-17(15)19)18(20)12-11-14-7-3-2-4-8-14/h2-13H,1H3/b12-11+. The van der Waals surface area contributed by atoms with Gasteiger partial charge in [-0.05, 0) is 17.7 Å². The van der Waals surface area contributed by atoms with Gasteiger partial charge in [0, 0.05) is 29.7 Å². The van der Waals surface area contributed by atoms with Gasteiger partial charge in [-0.1, -0.05) is 54.6 Å². The summed E-state index contributed by atoms with van der Waals surface area (Å²) in [7, 11) is 1.96.